The van der Waals surface area contributed by atoms with E-state index >= 15 is 0 Å². The first-order valence-corrected chi connectivity index (χ1v) is 11.7. The number of nitro benzene ring substituents is 1. The van der Waals surface area contributed by atoms with Crippen molar-refractivity contribution in [2.45, 2.75) is 23.6 Å². The number of carbonyl (C=O) groups is 1. The summed E-state index contributed by atoms with van der Waals surface area (Å²) in [5.41, 5.74) is 4.20. The molecule has 0 aliphatic carbocycles. The molecule has 1 aliphatic rings. The lowest BCUT2D eigenvalue weighted by molar-refractivity contribution is -0.384. The van der Waals surface area contributed by atoms with E-state index in [9.17, 15) is 14.9 Å². The summed E-state index contributed by atoms with van der Waals surface area (Å²) in [7, 11) is 1.69. The Kier molecular flexibility index (Phi) is 6.23. The molecule has 1 aliphatic heterocycles. The molecule has 0 atom stereocenters. The van der Waals surface area contributed by atoms with E-state index in [0.29, 0.717) is 9.23 Å². The SMILES string of the molecule is Cc1cc(/C=C2\SC(=S)N(C)C2=O)c(C)n1-c1ccc(Sc2ccc([N+](=O)[O-])cc2)cc1. The third-order valence-corrected chi connectivity index (χ3v) is 7.62. The summed E-state index contributed by atoms with van der Waals surface area (Å²) in [5, 5.41) is 10.8. The van der Waals surface area contributed by atoms with E-state index in [1.807, 2.05) is 44.2 Å². The van der Waals surface area contributed by atoms with Crippen LogP contribution < -0.4 is 0 Å². The van der Waals surface area contributed by atoms with Gasteiger partial charge < -0.3 is 4.57 Å². The summed E-state index contributed by atoms with van der Waals surface area (Å²) in [4.78, 5) is 26.8. The number of rotatable bonds is 5. The van der Waals surface area contributed by atoms with Crippen LogP contribution in [0.25, 0.3) is 11.8 Å². The number of benzene rings is 2. The molecule has 0 N–H and O–H groups in total. The van der Waals surface area contributed by atoms with E-state index in [0.717, 1.165) is 32.4 Å². The third-order valence-electron chi connectivity index (χ3n) is 5.12. The molecule has 1 amide bonds. The fourth-order valence-electron chi connectivity index (χ4n) is 3.45. The predicted molar refractivity (Wildman–Crippen MR) is 133 cm³/mol. The van der Waals surface area contributed by atoms with Crippen molar-refractivity contribution in [3.8, 4) is 5.69 Å². The molecule has 0 radical (unpaired) electrons. The maximum Gasteiger partial charge on any atom is 0.269 e. The van der Waals surface area contributed by atoms with E-state index in [4.69, 9.17) is 12.2 Å². The highest BCUT2D eigenvalue weighted by Gasteiger charge is 2.29. The van der Waals surface area contributed by atoms with E-state index in [2.05, 4.69) is 10.6 Å². The molecule has 9 heteroatoms. The smallest absolute Gasteiger partial charge is 0.269 e. The van der Waals surface area contributed by atoms with Gasteiger partial charge in [-0.25, -0.2) is 0 Å². The highest BCUT2D eigenvalue weighted by atomic mass is 32.2. The van der Waals surface area contributed by atoms with Crippen molar-refractivity contribution in [2.75, 3.05) is 7.05 Å². The average molecular weight is 482 g/mol. The molecule has 6 nitrogen and oxygen atoms in total. The Balaban J connectivity index is 1.56. The van der Waals surface area contributed by atoms with Gasteiger partial charge in [-0.15, -0.1) is 0 Å². The van der Waals surface area contributed by atoms with E-state index < -0.39 is 4.92 Å². The lowest BCUT2D eigenvalue weighted by Gasteiger charge is -2.11. The second-order valence-electron chi connectivity index (χ2n) is 7.25. The van der Waals surface area contributed by atoms with Crippen LogP contribution in [0.3, 0.4) is 0 Å². The maximum absolute atomic E-state index is 12.3. The van der Waals surface area contributed by atoms with Gasteiger partial charge in [0.1, 0.15) is 4.32 Å². The molecular formula is C23H19N3O3S3. The first-order chi connectivity index (χ1) is 15.2. The molecule has 0 spiro atoms. The van der Waals surface area contributed by atoms with Crippen LogP contribution in [0.4, 0.5) is 5.69 Å². The van der Waals surface area contributed by atoms with Crippen LogP contribution in [0.15, 0.2) is 69.3 Å². The lowest BCUT2D eigenvalue weighted by atomic mass is 10.2. The zero-order valence-corrected chi connectivity index (χ0v) is 20.0. The van der Waals surface area contributed by atoms with Crippen molar-refractivity contribution in [1.82, 2.24) is 9.47 Å². The summed E-state index contributed by atoms with van der Waals surface area (Å²) in [5.74, 6) is -0.0718. The third kappa shape index (κ3) is 4.36. The second-order valence-corrected chi connectivity index (χ2v) is 10.1. The minimum Gasteiger partial charge on any atom is -0.318 e. The number of aryl methyl sites for hydroxylation is 1. The summed E-state index contributed by atoms with van der Waals surface area (Å²) < 4.78 is 2.72. The van der Waals surface area contributed by atoms with Crippen LogP contribution in [0.2, 0.25) is 0 Å². The van der Waals surface area contributed by atoms with Gasteiger partial charge in [0.2, 0.25) is 0 Å². The molecule has 0 saturated carbocycles. The Morgan fingerprint density at radius 2 is 1.66 bits per heavy atom. The number of likely N-dealkylation sites (N-methyl/N-ethyl adjacent to an activating group) is 1. The van der Waals surface area contributed by atoms with Gasteiger partial charge in [0.25, 0.3) is 11.6 Å². The van der Waals surface area contributed by atoms with E-state index in [1.54, 1.807) is 30.9 Å². The van der Waals surface area contributed by atoms with Crippen LogP contribution in [-0.2, 0) is 4.79 Å². The Hall–Kier alpha value is -2.88. The largest absolute Gasteiger partial charge is 0.318 e. The molecule has 2 heterocycles. The average Bonchev–Trinajstić information content (AvgIpc) is 3.18. The Bertz CT molecular complexity index is 1260. The number of nitro groups is 1. The number of thiocarbonyl (C=S) groups is 1. The highest BCUT2D eigenvalue weighted by Crippen LogP contribution is 2.34. The summed E-state index contributed by atoms with van der Waals surface area (Å²) in [6.07, 6.45) is 1.90. The number of non-ortho nitro benzene ring substituents is 1. The molecule has 32 heavy (non-hydrogen) atoms. The predicted octanol–water partition coefficient (Wildman–Crippen LogP) is 5.98. The minimum absolute atomic E-state index is 0.0718. The number of thioether (sulfide) groups is 1. The molecule has 2 aromatic carbocycles. The quantitative estimate of drug-likeness (QED) is 0.193. The fourth-order valence-corrected chi connectivity index (χ4v) is 5.44. The van der Waals surface area contributed by atoms with Crippen LogP contribution in [-0.4, -0.2) is 31.7 Å². The summed E-state index contributed by atoms with van der Waals surface area (Å²) >= 11 is 8.09. The highest BCUT2D eigenvalue weighted by molar-refractivity contribution is 8.26. The second kappa shape index (κ2) is 8.93. The zero-order chi connectivity index (χ0) is 23.0. The van der Waals surface area contributed by atoms with Gasteiger partial charge in [0, 0.05) is 46.0 Å². The maximum atomic E-state index is 12.3. The van der Waals surface area contributed by atoms with Gasteiger partial charge in [0.05, 0.1) is 9.83 Å². The van der Waals surface area contributed by atoms with Gasteiger partial charge in [-0.1, -0.05) is 35.7 Å². The standard InChI is InChI=1S/C23H19N3O3S3/c1-14-12-16(13-21-22(27)24(3)23(30)32-21)15(2)25(14)17-4-8-19(9-5-17)31-20-10-6-18(7-11-20)26(28)29/h4-13H,1-3H3/b21-13-. The monoisotopic (exact) mass is 481 g/mol. The number of hydrogen-bond acceptors (Lipinski definition) is 6. The van der Waals surface area contributed by atoms with Crippen molar-refractivity contribution in [3.63, 3.8) is 0 Å². The Morgan fingerprint density at radius 3 is 2.19 bits per heavy atom. The lowest BCUT2D eigenvalue weighted by Crippen LogP contribution is -2.22. The molecular weight excluding hydrogens is 462 g/mol. The molecule has 4 rings (SSSR count). The molecule has 0 bridgehead atoms. The van der Waals surface area contributed by atoms with E-state index in [1.165, 1.54) is 28.8 Å². The van der Waals surface area contributed by atoms with Crippen LogP contribution in [0.5, 0.6) is 0 Å². The summed E-state index contributed by atoms with van der Waals surface area (Å²) in [6.45, 7) is 4.07. The normalized spacial score (nSPS) is 15.1. The van der Waals surface area contributed by atoms with Crippen molar-refractivity contribution >= 4 is 57.7 Å². The molecule has 1 fully saturated rings. The zero-order valence-electron chi connectivity index (χ0n) is 17.6. The van der Waals surface area contributed by atoms with Gasteiger partial charge >= 0.3 is 0 Å². The molecule has 162 valence electrons. The van der Waals surface area contributed by atoms with Gasteiger partial charge in [-0.2, -0.15) is 0 Å². The van der Waals surface area contributed by atoms with Crippen molar-refractivity contribution in [1.29, 1.82) is 0 Å². The topological polar surface area (TPSA) is 68.4 Å². The summed E-state index contributed by atoms with van der Waals surface area (Å²) in [6, 6.07) is 16.7. The molecule has 0 unspecified atom stereocenters. The number of aromatic nitrogens is 1. The van der Waals surface area contributed by atoms with Crippen LogP contribution in [0.1, 0.15) is 17.0 Å². The van der Waals surface area contributed by atoms with E-state index in [-0.39, 0.29) is 11.6 Å². The molecule has 3 aromatic rings. The number of carbonyl (C=O) groups excluding carboxylic acids is 1. The number of nitrogens with zero attached hydrogens (tertiary/aromatic N) is 3. The molecule has 1 saturated heterocycles. The van der Waals surface area contributed by atoms with Gasteiger partial charge in [-0.3, -0.25) is 19.8 Å². The Morgan fingerprint density at radius 1 is 1.06 bits per heavy atom. The van der Waals surface area contributed by atoms with Crippen molar-refractivity contribution in [2.24, 2.45) is 0 Å². The van der Waals surface area contributed by atoms with Crippen molar-refractivity contribution in [3.05, 3.63) is 86.6 Å². The fraction of sp³-hybridized carbons (Fsp3) is 0.130. The van der Waals surface area contributed by atoms with Crippen molar-refractivity contribution < 1.29 is 9.72 Å². The van der Waals surface area contributed by atoms with Crippen LogP contribution >= 0.6 is 35.7 Å². The first kappa shape index (κ1) is 22.3. The number of amides is 1. The Labute approximate surface area is 199 Å². The minimum atomic E-state index is -0.400. The first-order valence-electron chi connectivity index (χ1n) is 9.68. The van der Waals surface area contributed by atoms with Gasteiger partial charge in [0.15, 0.2) is 0 Å². The molecule has 1 aromatic heterocycles. The van der Waals surface area contributed by atoms with Crippen LogP contribution in [0, 0.1) is 24.0 Å². The number of hydrogen-bond donors (Lipinski definition) is 0. The van der Waals surface area contributed by atoms with Gasteiger partial charge in [-0.05, 0) is 68.0 Å².